The maximum atomic E-state index is 4.09. The Morgan fingerprint density at radius 3 is 2.44 bits per heavy atom. The van der Waals surface area contributed by atoms with Gasteiger partial charge in [0.1, 0.15) is 6.33 Å². The zero-order chi connectivity index (χ0) is 6.85. The summed E-state index contributed by atoms with van der Waals surface area (Å²) in [6.45, 7) is 4.02. The van der Waals surface area contributed by atoms with Gasteiger partial charge in [0.25, 0.3) is 0 Å². The summed E-state index contributed by atoms with van der Waals surface area (Å²) in [5.41, 5.74) is 5.21. The van der Waals surface area contributed by atoms with Crippen LogP contribution in [0.2, 0.25) is 0 Å². The molecule has 0 amide bonds. The highest BCUT2D eigenvalue weighted by atomic mass is 15.4. The molecule has 1 rings (SSSR count). The first-order chi connectivity index (χ1) is 4.25. The molecule has 0 spiro atoms. The first kappa shape index (κ1) is 6.13. The largest absolute Gasteiger partial charge is 0.328 e. The minimum atomic E-state index is 1.07. The Balaban J connectivity index is 3.04. The normalized spacial score (nSPS) is 9.67. The van der Waals surface area contributed by atoms with E-state index in [4.69, 9.17) is 0 Å². The van der Waals surface area contributed by atoms with E-state index in [0.717, 1.165) is 11.4 Å². The molecule has 0 fully saturated rings. The molecule has 0 saturated carbocycles. The van der Waals surface area contributed by atoms with E-state index in [1.54, 1.807) is 6.33 Å². The first-order valence-corrected chi connectivity index (χ1v) is 2.94. The van der Waals surface area contributed by atoms with Gasteiger partial charge in [-0.2, -0.15) is 0 Å². The van der Waals surface area contributed by atoms with Crippen LogP contribution in [0.3, 0.4) is 0 Å². The van der Waals surface area contributed by atoms with Gasteiger partial charge < -0.3 is 5.43 Å². The fourth-order valence-corrected chi connectivity index (χ4v) is 0.724. The minimum absolute atomic E-state index is 1.07. The standard InChI is InChI=1S/C6H11N3/c1-5-6(2)9(7-3)4-8-5/h4,7H,1-3H3. The Kier molecular flexibility index (Phi) is 1.42. The van der Waals surface area contributed by atoms with Gasteiger partial charge in [0.2, 0.25) is 0 Å². The molecule has 1 heterocycles. The zero-order valence-electron chi connectivity index (χ0n) is 5.97. The summed E-state index contributed by atoms with van der Waals surface area (Å²) in [6, 6.07) is 0. The summed E-state index contributed by atoms with van der Waals surface area (Å²) in [6.07, 6.45) is 1.77. The molecule has 0 unspecified atom stereocenters. The molecule has 0 aliphatic rings. The van der Waals surface area contributed by atoms with E-state index >= 15 is 0 Å². The van der Waals surface area contributed by atoms with Gasteiger partial charge in [0.15, 0.2) is 0 Å². The first-order valence-electron chi connectivity index (χ1n) is 2.94. The lowest BCUT2D eigenvalue weighted by atomic mass is 10.4. The topological polar surface area (TPSA) is 29.9 Å². The van der Waals surface area contributed by atoms with E-state index in [1.165, 1.54) is 0 Å². The average molecular weight is 125 g/mol. The lowest BCUT2D eigenvalue weighted by Crippen LogP contribution is -2.08. The van der Waals surface area contributed by atoms with Crippen molar-refractivity contribution in [1.29, 1.82) is 0 Å². The molecule has 1 N–H and O–H groups in total. The zero-order valence-corrected chi connectivity index (χ0v) is 5.97. The average Bonchev–Trinajstić information content (AvgIpc) is 2.15. The van der Waals surface area contributed by atoms with Gasteiger partial charge in [-0.3, -0.25) is 4.68 Å². The van der Waals surface area contributed by atoms with Crippen LogP contribution >= 0.6 is 0 Å². The smallest absolute Gasteiger partial charge is 0.114 e. The quantitative estimate of drug-likeness (QED) is 0.598. The second kappa shape index (κ2) is 2.09. The number of nitrogens with zero attached hydrogens (tertiary/aromatic N) is 2. The lowest BCUT2D eigenvalue weighted by molar-refractivity contribution is 0.883. The molecular formula is C6H11N3. The molecule has 0 radical (unpaired) electrons. The molecule has 1 aromatic heterocycles. The Bertz CT molecular complexity index is 202. The van der Waals surface area contributed by atoms with Gasteiger partial charge in [-0.05, 0) is 13.8 Å². The molecule has 0 aliphatic carbocycles. The number of aryl methyl sites for hydroxylation is 1. The van der Waals surface area contributed by atoms with E-state index in [9.17, 15) is 0 Å². The van der Waals surface area contributed by atoms with Gasteiger partial charge >= 0.3 is 0 Å². The monoisotopic (exact) mass is 125 g/mol. The van der Waals surface area contributed by atoms with Crippen LogP contribution in [-0.2, 0) is 0 Å². The molecule has 0 aromatic carbocycles. The number of aromatic nitrogens is 2. The van der Waals surface area contributed by atoms with Crippen LogP contribution in [0.4, 0.5) is 0 Å². The number of nitrogens with one attached hydrogen (secondary N) is 1. The molecule has 50 valence electrons. The van der Waals surface area contributed by atoms with Crippen molar-refractivity contribution in [3.8, 4) is 0 Å². The fourth-order valence-electron chi connectivity index (χ4n) is 0.724. The fraction of sp³-hybridized carbons (Fsp3) is 0.500. The summed E-state index contributed by atoms with van der Waals surface area (Å²) >= 11 is 0. The van der Waals surface area contributed by atoms with Crippen molar-refractivity contribution in [2.75, 3.05) is 12.5 Å². The van der Waals surface area contributed by atoms with Crippen molar-refractivity contribution in [3.63, 3.8) is 0 Å². The second-order valence-electron chi connectivity index (χ2n) is 2.01. The van der Waals surface area contributed by atoms with Crippen LogP contribution in [-0.4, -0.2) is 16.7 Å². The predicted molar refractivity (Wildman–Crippen MR) is 37.0 cm³/mol. The van der Waals surface area contributed by atoms with Crippen LogP contribution in [0.15, 0.2) is 6.33 Å². The number of hydrogen-bond acceptors (Lipinski definition) is 2. The summed E-state index contributed by atoms with van der Waals surface area (Å²) in [7, 11) is 1.87. The van der Waals surface area contributed by atoms with E-state index in [1.807, 2.05) is 25.6 Å². The summed E-state index contributed by atoms with van der Waals surface area (Å²) < 4.78 is 1.88. The number of rotatable bonds is 1. The highest BCUT2D eigenvalue weighted by molar-refractivity contribution is 5.09. The van der Waals surface area contributed by atoms with Crippen molar-refractivity contribution >= 4 is 0 Å². The molecule has 3 nitrogen and oxygen atoms in total. The van der Waals surface area contributed by atoms with Crippen LogP contribution in [0.25, 0.3) is 0 Å². The third kappa shape index (κ3) is 0.896. The molecule has 0 atom stereocenters. The van der Waals surface area contributed by atoms with Gasteiger partial charge in [-0.25, -0.2) is 4.98 Å². The predicted octanol–water partition coefficient (Wildman–Crippen LogP) is 0.673. The molecule has 1 aromatic rings. The second-order valence-corrected chi connectivity index (χ2v) is 2.01. The molecular weight excluding hydrogens is 114 g/mol. The third-order valence-corrected chi connectivity index (χ3v) is 1.49. The van der Waals surface area contributed by atoms with Gasteiger partial charge in [0, 0.05) is 7.05 Å². The Hall–Kier alpha value is -0.990. The Morgan fingerprint density at radius 2 is 2.22 bits per heavy atom. The van der Waals surface area contributed by atoms with E-state index in [-0.39, 0.29) is 0 Å². The van der Waals surface area contributed by atoms with Crippen molar-refractivity contribution in [3.05, 3.63) is 17.7 Å². The highest BCUT2D eigenvalue weighted by Gasteiger charge is 1.96. The number of hydrogen-bond donors (Lipinski definition) is 1. The Labute approximate surface area is 54.7 Å². The Morgan fingerprint density at radius 1 is 1.56 bits per heavy atom. The molecule has 3 heteroatoms. The molecule has 0 aliphatic heterocycles. The van der Waals surface area contributed by atoms with Crippen LogP contribution in [0, 0.1) is 13.8 Å². The van der Waals surface area contributed by atoms with Gasteiger partial charge in [0.05, 0.1) is 11.4 Å². The molecule has 9 heavy (non-hydrogen) atoms. The van der Waals surface area contributed by atoms with Gasteiger partial charge in [-0.1, -0.05) is 0 Å². The van der Waals surface area contributed by atoms with E-state index < -0.39 is 0 Å². The highest BCUT2D eigenvalue weighted by Crippen LogP contribution is 1.99. The van der Waals surface area contributed by atoms with Gasteiger partial charge in [-0.15, -0.1) is 0 Å². The summed E-state index contributed by atoms with van der Waals surface area (Å²) in [5.74, 6) is 0. The van der Waals surface area contributed by atoms with Crippen LogP contribution < -0.4 is 5.43 Å². The third-order valence-electron chi connectivity index (χ3n) is 1.49. The van der Waals surface area contributed by atoms with Crippen LogP contribution in [0.5, 0.6) is 0 Å². The number of imidazole rings is 1. The SMILES string of the molecule is CNn1cnc(C)c1C. The maximum Gasteiger partial charge on any atom is 0.114 e. The van der Waals surface area contributed by atoms with E-state index in [0.29, 0.717) is 0 Å². The van der Waals surface area contributed by atoms with Crippen molar-refractivity contribution < 1.29 is 0 Å². The minimum Gasteiger partial charge on any atom is -0.328 e. The van der Waals surface area contributed by atoms with E-state index in [2.05, 4.69) is 10.4 Å². The van der Waals surface area contributed by atoms with Crippen molar-refractivity contribution in [2.45, 2.75) is 13.8 Å². The van der Waals surface area contributed by atoms with Crippen molar-refractivity contribution in [1.82, 2.24) is 9.66 Å². The van der Waals surface area contributed by atoms with Crippen LogP contribution in [0.1, 0.15) is 11.4 Å². The lowest BCUT2D eigenvalue weighted by Gasteiger charge is -2.00. The summed E-state index contributed by atoms with van der Waals surface area (Å²) in [5, 5.41) is 0. The summed E-state index contributed by atoms with van der Waals surface area (Å²) in [4.78, 5) is 4.09. The molecule has 0 saturated heterocycles. The van der Waals surface area contributed by atoms with Crippen molar-refractivity contribution in [2.24, 2.45) is 0 Å². The maximum absolute atomic E-state index is 4.09. The molecule has 0 bridgehead atoms.